The van der Waals surface area contributed by atoms with Gasteiger partial charge in [-0.25, -0.2) is 0 Å². The average Bonchev–Trinajstić information content (AvgIpc) is 2.05. The molecular weight excluding hydrogens is 146 g/mol. The minimum absolute atomic E-state index is 0.452. The molecule has 0 aliphatic heterocycles. The molecule has 0 radical (unpaired) electrons. The maximum absolute atomic E-state index is 5.06. The summed E-state index contributed by atoms with van der Waals surface area (Å²) in [5.41, 5.74) is 2.34. The number of terminal acetylenes is 1. The second-order valence-corrected chi connectivity index (χ2v) is 2.59. The first-order valence-corrected chi connectivity index (χ1v) is 3.83. The van der Waals surface area contributed by atoms with E-state index in [1.54, 1.807) is 6.21 Å². The van der Waals surface area contributed by atoms with Crippen LogP contribution in [0.5, 0.6) is 0 Å². The lowest BCUT2D eigenvalue weighted by Crippen LogP contribution is -1.83. The topological polar surface area (TPSA) is 12.4 Å². The summed E-state index contributed by atoms with van der Waals surface area (Å²) in [7, 11) is 0. The van der Waals surface area contributed by atoms with Gasteiger partial charge in [0, 0.05) is 6.21 Å². The summed E-state index contributed by atoms with van der Waals surface area (Å²) < 4.78 is 0. The van der Waals surface area contributed by atoms with Crippen LogP contribution in [0.15, 0.2) is 29.3 Å². The van der Waals surface area contributed by atoms with Crippen LogP contribution in [0.25, 0.3) is 0 Å². The fourth-order valence-electron chi connectivity index (χ4n) is 0.954. The van der Waals surface area contributed by atoms with Crippen molar-refractivity contribution in [1.29, 1.82) is 0 Å². The minimum Gasteiger partial charge on any atom is -0.280 e. The Labute approximate surface area is 73.2 Å². The van der Waals surface area contributed by atoms with Crippen molar-refractivity contribution in [3.05, 3.63) is 35.4 Å². The Balaban J connectivity index is 2.71. The predicted octanol–water partition coefficient (Wildman–Crippen LogP) is 2.05. The van der Waals surface area contributed by atoms with Gasteiger partial charge in [0.15, 0.2) is 0 Å². The zero-order valence-electron chi connectivity index (χ0n) is 7.12. The summed E-state index contributed by atoms with van der Waals surface area (Å²) in [6.07, 6.45) is 6.86. The van der Waals surface area contributed by atoms with E-state index in [1.165, 1.54) is 5.56 Å². The van der Waals surface area contributed by atoms with Gasteiger partial charge in [-0.15, -0.1) is 6.42 Å². The van der Waals surface area contributed by atoms with Gasteiger partial charge >= 0.3 is 0 Å². The highest BCUT2D eigenvalue weighted by atomic mass is 14.7. The number of benzene rings is 1. The molecule has 0 saturated heterocycles. The standard InChI is InChI=1S/C11H11N/c1-3-7-12-9-11-6-4-5-10(2)8-11/h1,4-6,8-9H,7H2,2H3. The number of aliphatic imine (C=N–C) groups is 1. The van der Waals surface area contributed by atoms with Gasteiger partial charge in [-0.1, -0.05) is 35.7 Å². The zero-order chi connectivity index (χ0) is 8.81. The highest BCUT2D eigenvalue weighted by Crippen LogP contribution is 2.00. The predicted molar refractivity (Wildman–Crippen MR) is 52.5 cm³/mol. The SMILES string of the molecule is C#CCN=Cc1cccc(C)c1. The molecule has 0 unspecified atom stereocenters. The van der Waals surface area contributed by atoms with Gasteiger partial charge in [-0.2, -0.15) is 0 Å². The van der Waals surface area contributed by atoms with E-state index >= 15 is 0 Å². The molecule has 0 amide bonds. The molecule has 0 saturated carbocycles. The fourth-order valence-corrected chi connectivity index (χ4v) is 0.954. The number of hydrogen-bond acceptors (Lipinski definition) is 1. The molecule has 1 nitrogen and oxygen atoms in total. The van der Waals surface area contributed by atoms with Crippen LogP contribution in [-0.4, -0.2) is 12.8 Å². The summed E-state index contributed by atoms with van der Waals surface area (Å²) in [5.74, 6) is 2.45. The van der Waals surface area contributed by atoms with Crippen LogP contribution >= 0.6 is 0 Å². The number of nitrogens with zero attached hydrogens (tertiary/aromatic N) is 1. The normalized spacial score (nSPS) is 10.0. The molecule has 1 heteroatoms. The third-order valence-corrected chi connectivity index (χ3v) is 1.47. The molecule has 0 N–H and O–H groups in total. The zero-order valence-corrected chi connectivity index (χ0v) is 7.12. The van der Waals surface area contributed by atoms with Gasteiger partial charge in [0.2, 0.25) is 0 Å². The monoisotopic (exact) mass is 157 g/mol. The average molecular weight is 157 g/mol. The van der Waals surface area contributed by atoms with E-state index in [2.05, 4.69) is 30.0 Å². The highest BCUT2D eigenvalue weighted by molar-refractivity contribution is 5.79. The van der Waals surface area contributed by atoms with Gasteiger partial charge in [0.05, 0.1) is 6.54 Å². The second-order valence-electron chi connectivity index (χ2n) is 2.59. The van der Waals surface area contributed by atoms with Gasteiger partial charge in [-0.3, -0.25) is 4.99 Å². The van der Waals surface area contributed by atoms with Crippen molar-refractivity contribution < 1.29 is 0 Å². The molecule has 1 aromatic rings. The van der Waals surface area contributed by atoms with E-state index in [1.807, 2.05) is 12.1 Å². The van der Waals surface area contributed by atoms with Crippen molar-refractivity contribution in [3.8, 4) is 12.3 Å². The van der Waals surface area contributed by atoms with Crippen LogP contribution < -0.4 is 0 Å². The molecular formula is C11H11N. The van der Waals surface area contributed by atoms with Crippen molar-refractivity contribution in [3.63, 3.8) is 0 Å². The molecule has 1 aromatic carbocycles. The summed E-state index contributed by atoms with van der Waals surface area (Å²) in [6.45, 7) is 2.51. The second kappa shape index (κ2) is 4.35. The largest absolute Gasteiger partial charge is 0.280 e. The molecule has 0 fully saturated rings. The van der Waals surface area contributed by atoms with Crippen molar-refractivity contribution in [2.24, 2.45) is 4.99 Å². The lowest BCUT2D eigenvalue weighted by molar-refractivity contribution is 1.30. The Kier molecular flexibility index (Phi) is 3.10. The smallest absolute Gasteiger partial charge is 0.0995 e. The van der Waals surface area contributed by atoms with Crippen LogP contribution in [0.4, 0.5) is 0 Å². The van der Waals surface area contributed by atoms with E-state index < -0.39 is 0 Å². The first kappa shape index (κ1) is 8.55. The lowest BCUT2D eigenvalue weighted by atomic mass is 10.2. The molecule has 0 aromatic heterocycles. The van der Waals surface area contributed by atoms with E-state index in [0.717, 1.165) is 5.56 Å². The molecule has 1 rings (SSSR count). The summed E-state index contributed by atoms with van der Waals surface area (Å²) in [4.78, 5) is 4.04. The third-order valence-electron chi connectivity index (χ3n) is 1.47. The van der Waals surface area contributed by atoms with Crippen LogP contribution in [0.2, 0.25) is 0 Å². The molecule has 12 heavy (non-hydrogen) atoms. The Bertz CT molecular complexity index is 318. The summed E-state index contributed by atoms with van der Waals surface area (Å²) >= 11 is 0. The van der Waals surface area contributed by atoms with Crippen LogP contribution in [0.3, 0.4) is 0 Å². The van der Waals surface area contributed by atoms with Crippen LogP contribution in [0.1, 0.15) is 11.1 Å². The van der Waals surface area contributed by atoms with Gasteiger partial charge in [0.1, 0.15) is 0 Å². The first-order valence-electron chi connectivity index (χ1n) is 3.83. The number of rotatable bonds is 2. The maximum atomic E-state index is 5.06. The number of hydrogen-bond donors (Lipinski definition) is 0. The van der Waals surface area contributed by atoms with Gasteiger partial charge in [0.25, 0.3) is 0 Å². The Morgan fingerprint density at radius 3 is 3.08 bits per heavy atom. The summed E-state index contributed by atoms with van der Waals surface area (Å²) in [6, 6.07) is 8.14. The third kappa shape index (κ3) is 2.59. The van der Waals surface area contributed by atoms with Gasteiger partial charge < -0.3 is 0 Å². The van der Waals surface area contributed by atoms with E-state index in [4.69, 9.17) is 6.42 Å². The minimum atomic E-state index is 0.452. The molecule has 0 heterocycles. The summed E-state index contributed by atoms with van der Waals surface area (Å²) in [5, 5.41) is 0. The molecule has 60 valence electrons. The van der Waals surface area contributed by atoms with Crippen LogP contribution in [-0.2, 0) is 0 Å². The van der Waals surface area contributed by atoms with Crippen LogP contribution in [0, 0.1) is 19.3 Å². The fraction of sp³-hybridized carbons (Fsp3) is 0.182. The maximum Gasteiger partial charge on any atom is 0.0995 e. The van der Waals surface area contributed by atoms with Gasteiger partial charge in [-0.05, 0) is 12.5 Å². The molecule has 0 atom stereocenters. The Morgan fingerprint density at radius 1 is 1.58 bits per heavy atom. The molecule has 0 spiro atoms. The quantitative estimate of drug-likeness (QED) is 0.460. The van der Waals surface area contributed by atoms with Crippen molar-refractivity contribution in [2.45, 2.75) is 6.92 Å². The molecule has 0 aliphatic carbocycles. The Morgan fingerprint density at radius 2 is 2.42 bits per heavy atom. The van der Waals surface area contributed by atoms with E-state index in [0.29, 0.717) is 6.54 Å². The van der Waals surface area contributed by atoms with Crippen molar-refractivity contribution in [2.75, 3.05) is 6.54 Å². The van der Waals surface area contributed by atoms with Crippen molar-refractivity contribution in [1.82, 2.24) is 0 Å². The van der Waals surface area contributed by atoms with E-state index in [9.17, 15) is 0 Å². The highest BCUT2D eigenvalue weighted by Gasteiger charge is 1.86. The van der Waals surface area contributed by atoms with Crippen molar-refractivity contribution >= 4 is 6.21 Å². The number of aryl methyl sites for hydroxylation is 1. The first-order chi connectivity index (χ1) is 5.83. The Hall–Kier alpha value is -1.55. The molecule has 0 bridgehead atoms. The van der Waals surface area contributed by atoms with E-state index in [-0.39, 0.29) is 0 Å². The molecule has 0 aliphatic rings. The lowest BCUT2D eigenvalue weighted by Gasteiger charge is -1.93.